The third kappa shape index (κ3) is 5.50. The van der Waals surface area contributed by atoms with Crippen molar-refractivity contribution >= 4 is 23.7 Å². The van der Waals surface area contributed by atoms with E-state index < -0.39 is 18.1 Å². The van der Waals surface area contributed by atoms with Gasteiger partial charge in [-0.1, -0.05) is 12.1 Å². The molecule has 0 N–H and O–H groups in total. The quantitative estimate of drug-likeness (QED) is 0.425. The molecule has 0 spiro atoms. The molecular formula is C25H26F3N5O3. The smallest absolute Gasteiger partial charge is 0.314 e. The van der Waals surface area contributed by atoms with Gasteiger partial charge in [-0.25, -0.2) is 4.39 Å². The normalized spacial score (nSPS) is 14.2. The van der Waals surface area contributed by atoms with Gasteiger partial charge in [0.15, 0.2) is 0 Å². The lowest BCUT2D eigenvalue weighted by Crippen LogP contribution is -2.45. The molecule has 190 valence electrons. The first-order valence-electron chi connectivity index (χ1n) is 11.5. The molecule has 1 aromatic heterocycles. The Morgan fingerprint density at radius 3 is 2.42 bits per heavy atom. The lowest BCUT2D eigenvalue weighted by Gasteiger charge is -2.38. The topological polar surface area (TPSA) is 82.8 Å². The van der Waals surface area contributed by atoms with Crippen LogP contribution >= 0.6 is 0 Å². The molecule has 0 unspecified atom stereocenters. The second-order valence-corrected chi connectivity index (χ2v) is 8.66. The monoisotopic (exact) mass is 501 g/mol. The van der Waals surface area contributed by atoms with Crippen LogP contribution in [0.5, 0.6) is 0 Å². The minimum atomic E-state index is -2.85. The van der Waals surface area contributed by atoms with E-state index in [0.29, 0.717) is 36.4 Å². The Hall–Kier alpha value is -3.89. The summed E-state index contributed by atoms with van der Waals surface area (Å²) in [6.45, 7) is 3.00. The lowest BCUT2D eigenvalue weighted by atomic mass is 10.0. The summed E-state index contributed by atoms with van der Waals surface area (Å²) >= 11 is 0. The van der Waals surface area contributed by atoms with Crippen LogP contribution in [-0.4, -0.2) is 53.6 Å². The van der Waals surface area contributed by atoms with E-state index in [-0.39, 0.29) is 24.4 Å². The van der Waals surface area contributed by atoms with Crippen molar-refractivity contribution in [3.8, 4) is 11.5 Å². The number of likely N-dealkylation sites (tertiary alicyclic amines) is 1. The van der Waals surface area contributed by atoms with Gasteiger partial charge in [-0.05, 0) is 48.7 Å². The van der Waals surface area contributed by atoms with E-state index in [4.69, 9.17) is 4.42 Å². The summed E-state index contributed by atoms with van der Waals surface area (Å²) in [5.74, 6) is -1.21. The molecule has 0 atom stereocenters. The Bertz CT molecular complexity index is 1210. The van der Waals surface area contributed by atoms with E-state index in [0.717, 1.165) is 18.4 Å². The summed E-state index contributed by atoms with van der Waals surface area (Å²) < 4.78 is 44.6. The van der Waals surface area contributed by atoms with Crippen molar-refractivity contribution < 1.29 is 27.2 Å². The second kappa shape index (κ2) is 10.8. The average Bonchev–Trinajstić information content (AvgIpc) is 3.38. The largest absolute Gasteiger partial charge is 0.415 e. The number of benzene rings is 2. The summed E-state index contributed by atoms with van der Waals surface area (Å²) in [4.78, 5) is 29.0. The second-order valence-electron chi connectivity index (χ2n) is 8.66. The fourth-order valence-electron chi connectivity index (χ4n) is 4.36. The molecule has 1 fully saturated rings. The number of amides is 2. The molecule has 4 rings (SSSR count). The molecule has 36 heavy (non-hydrogen) atoms. The highest BCUT2D eigenvalue weighted by Gasteiger charge is 2.26. The molecule has 2 heterocycles. The fourth-order valence-corrected chi connectivity index (χ4v) is 4.36. The van der Waals surface area contributed by atoms with Crippen LogP contribution < -0.4 is 9.80 Å². The van der Waals surface area contributed by atoms with Gasteiger partial charge in [-0.2, -0.15) is 8.78 Å². The van der Waals surface area contributed by atoms with Crippen molar-refractivity contribution in [3.05, 3.63) is 59.7 Å². The third-order valence-corrected chi connectivity index (χ3v) is 6.39. The van der Waals surface area contributed by atoms with E-state index in [1.807, 2.05) is 11.9 Å². The molecule has 2 aromatic carbocycles. The standard InChI is InChI=1S/C25H26F3N5O3/c1-16(35)32-11-9-20(10-12-32)31(2)21-8-7-19(26)13-22(21)33(15-34)14-17-3-5-18(6-4-17)24-29-30-25(36-24)23(27)28/h3-8,13,15,20,23H,9-12,14H2,1-2H3. The zero-order valence-electron chi connectivity index (χ0n) is 19.9. The van der Waals surface area contributed by atoms with Crippen LogP contribution in [0.15, 0.2) is 46.9 Å². The first-order chi connectivity index (χ1) is 17.3. The number of rotatable bonds is 8. The van der Waals surface area contributed by atoms with Crippen LogP contribution in [0.25, 0.3) is 11.5 Å². The van der Waals surface area contributed by atoms with Crippen molar-refractivity contribution in [1.82, 2.24) is 15.1 Å². The van der Waals surface area contributed by atoms with E-state index in [1.54, 1.807) is 42.2 Å². The predicted octanol–water partition coefficient (Wildman–Crippen LogP) is 4.42. The molecule has 0 aliphatic carbocycles. The highest BCUT2D eigenvalue weighted by molar-refractivity contribution is 5.84. The van der Waals surface area contributed by atoms with Crippen molar-refractivity contribution in [2.75, 3.05) is 29.9 Å². The number of hydrogen-bond acceptors (Lipinski definition) is 6. The number of nitrogens with zero attached hydrogens (tertiary/aromatic N) is 5. The van der Waals surface area contributed by atoms with Crippen molar-refractivity contribution in [2.24, 2.45) is 0 Å². The van der Waals surface area contributed by atoms with Crippen molar-refractivity contribution in [1.29, 1.82) is 0 Å². The maximum absolute atomic E-state index is 14.2. The summed E-state index contributed by atoms with van der Waals surface area (Å²) in [6.07, 6.45) is -0.686. The molecule has 0 radical (unpaired) electrons. The number of carbonyl (C=O) groups excluding carboxylic acids is 2. The van der Waals surface area contributed by atoms with Gasteiger partial charge >= 0.3 is 6.43 Å². The zero-order valence-corrected chi connectivity index (χ0v) is 19.9. The summed E-state index contributed by atoms with van der Waals surface area (Å²) in [5.41, 5.74) is 2.31. The summed E-state index contributed by atoms with van der Waals surface area (Å²) in [6, 6.07) is 11.1. The predicted molar refractivity (Wildman–Crippen MR) is 127 cm³/mol. The molecular weight excluding hydrogens is 475 g/mol. The molecule has 0 bridgehead atoms. The van der Waals surface area contributed by atoms with Crippen LogP contribution in [0, 0.1) is 5.82 Å². The summed E-state index contributed by atoms with van der Waals surface area (Å²) in [5, 5.41) is 6.95. The summed E-state index contributed by atoms with van der Waals surface area (Å²) in [7, 11) is 1.90. The minimum Gasteiger partial charge on any atom is -0.415 e. The molecule has 11 heteroatoms. The van der Waals surface area contributed by atoms with Gasteiger partial charge in [0, 0.05) is 38.7 Å². The number of carbonyl (C=O) groups is 2. The number of piperidine rings is 1. The molecule has 1 aliphatic rings. The van der Waals surface area contributed by atoms with Crippen LogP contribution in [0.4, 0.5) is 24.5 Å². The Morgan fingerprint density at radius 2 is 1.83 bits per heavy atom. The molecule has 1 aliphatic heterocycles. The van der Waals surface area contributed by atoms with Gasteiger partial charge in [0.05, 0.1) is 17.9 Å². The fraction of sp³-hybridized carbons (Fsp3) is 0.360. The molecule has 1 saturated heterocycles. The lowest BCUT2D eigenvalue weighted by molar-refractivity contribution is -0.129. The number of hydrogen-bond donors (Lipinski definition) is 0. The van der Waals surface area contributed by atoms with E-state index in [1.165, 1.54) is 17.0 Å². The number of anilines is 2. The highest BCUT2D eigenvalue weighted by Crippen LogP contribution is 2.33. The first kappa shape index (κ1) is 25.2. The van der Waals surface area contributed by atoms with E-state index in [2.05, 4.69) is 10.2 Å². The van der Waals surface area contributed by atoms with Gasteiger partial charge < -0.3 is 19.1 Å². The van der Waals surface area contributed by atoms with Crippen LogP contribution in [-0.2, 0) is 16.1 Å². The molecule has 2 amide bonds. The minimum absolute atomic E-state index is 0.0334. The zero-order chi connectivity index (χ0) is 25.8. The molecule has 3 aromatic rings. The average molecular weight is 502 g/mol. The number of alkyl halides is 2. The van der Waals surface area contributed by atoms with Crippen molar-refractivity contribution in [2.45, 2.75) is 38.8 Å². The highest BCUT2D eigenvalue weighted by atomic mass is 19.3. The number of aromatic nitrogens is 2. The Labute approximate surface area is 206 Å². The Morgan fingerprint density at radius 1 is 1.14 bits per heavy atom. The van der Waals surface area contributed by atoms with Gasteiger partial charge in [-0.15, -0.1) is 10.2 Å². The number of halogens is 3. The van der Waals surface area contributed by atoms with Crippen LogP contribution in [0.2, 0.25) is 0 Å². The SMILES string of the molecule is CC(=O)N1CCC(N(C)c2ccc(F)cc2N(C=O)Cc2ccc(-c3nnc(C(F)F)o3)cc2)CC1. The molecule has 0 saturated carbocycles. The van der Waals surface area contributed by atoms with Crippen LogP contribution in [0.3, 0.4) is 0 Å². The van der Waals surface area contributed by atoms with Crippen LogP contribution in [0.1, 0.15) is 37.6 Å². The van der Waals surface area contributed by atoms with Gasteiger partial charge in [-0.3, -0.25) is 9.59 Å². The van der Waals surface area contributed by atoms with E-state index in [9.17, 15) is 22.8 Å². The maximum Gasteiger partial charge on any atom is 0.314 e. The Balaban J connectivity index is 1.52. The van der Waals surface area contributed by atoms with Gasteiger partial charge in [0.2, 0.25) is 18.2 Å². The van der Waals surface area contributed by atoms with E-state index >= 15 is 0 Å². The third-order valence-electron chi connectivity index (χ3n) is 6.39. The molecule has 8 nitrogen and oxygen atoms in total. The maximum atomic E-state index is 14.2. The van der Waals surface area contributed by atoms with Gasteiger partial charge in [0.1, 0.15) is 5.82 Å². The Kier molecular flexibility index (Phi) is 7.56. The van der Waals surface area contributed by atoms with Crippen molar-refractivity contribution in [3.63, 3.8) is 0 Å². The van der Waals surface area contributed by atoms with Gasteiger partial charge in [0.25, 0.3) is 5.89 Å². The first-order valence-corrected chi connectivity index (χ1v) is 11.5.